The fourth-order valence-corrected chi connectivity index (χ4v) is 3.39. The molecule has 2 heterocycles. The van der Waals surface area contributed by atoms with E-state index in [4.69, 9.17) is 19.5 Å². The molecule has 1 aliphatic heterocycles. The molecule has 4 atom stereocenters. The molecular formula is C16H18FN3O5P+. The highest BCUT2D eigenvalue weighted by molar-refractivity contribution is 7.33. The molecule has 138 valence electrons. The summed E-state index contributed by atoms with van der Waals surface area (Å²) in [6.07, 6.45) is 0.498. The van der Waals surface area contributed by atoms with Gasteiger partial charge in [0.1, 0.15) is 12.0 Å². The first-order valence-corrected chi connectivity index (χ1v) is 9.00. The summed E-state index contributed by atoms with van der Waals surface area (Å²) in [6.45, 7) is 1.14. The first-order chi connectivity index (χ1) is 12.4. The van der Waals surface area contributed by atoms with Gasteiger partial charge in [-0.25, -0.2) is 13.7 Å². The molecule has 0 radical (unpaired) electrons. The average molecular weight is 382 g/mol. The topological polar surface area (TPSA) is 106 Å². The van der Waals surface area contributed by atoms with Crippen LogP contribution in [0.25, 0.3) is 0 Å². The largest absolute Gasteiger partial charge is 0.750 e. The van der Waals surface area contributed by atoms with Crippen LogP contribution in [0.2, 0.25) is 0 Å². The Hall–Kier alpha value is -2.35. The zero-order valence-corrected chi connectivity index (χ0v) is 14.8. The molecule has 0 spiro atoms. The highest BCUT2D eigenvalue weighted by atomic mass is 31.1. The molecule has 3 rings (SSSR count). The molecule has 0 amide bonds. The van der Waals surface area contributed by atoms with Gasteiger partial charge >= 0.3 is 13.9 Å². The van der Waals surface area contributed by atoms with E-state index in [9.17, 15) is 13.8 Å². The molecule has 0 saturated carbocycles. The van der Waals surface area contributed by atoms with Gasteiger partial charge in [-0.05, 0) is 18.2 Å². The van der Waals surface area contributed by atoms with E-state index in [1.54, 1.807) is 37.3 Å². The zero-order valence-electron chi connectivity index (χ0n) is 13.9. The maximum absolute atomic E-state index is 14.9. The molecule has 26 heavy (non-hydrogen) atoms. The maximum atomic E-state index is 14.9. The molecule has 1 aliphatic rings. The number of halogens is 1. The summed E-state index contributed by atoms with van der Waals surface area (Å²) in [4.78, 5) is 15.5. The minimum absolute atomic E-state index is 0.0387. The van der Waals surface area contributed by atoms with Gasteiger partial charge < -0.3 is 10.5 Å². The van der Waals surface area contributed by atoms with E-state index in [0.29, 0.717) is 5.75 Å². The highest BCUT2D eigenvalue weighted by Crippen LogP contribution is 2.43. The van der Waals surface area contributed by atoms with Gasteiger partial charge in [0.2, 0.25) is 5.85 Å². The van der Waals surface area contributed by atoms with Crippen molar-refractivity contribution in [1.82, 2.24) is 9.55 Å². The van der Waals surface area contributed by atoms with Crippen molar-refractivity contribution in [3.8, 4) is 5.75 Å². The van der Waals surface area contributed by atoms with Gasteiger partial charge in [0.25, 0.3) is 0 Å². The van der Waals surface area contributed by atoms with Crippen molar-refractivity contribution < 1.29 is 22.7 Å². The number of ether oxygens (including phenoxy) is 1. The number of nitrogens with zero attached hydrogens (tertiary/aromatic N) is 2. The number of nitrogen functional groups attached to an aromatic ring is 1. The van der Waals surface area contributed by atoms with Crippen molar-refractivity contribution in [2.45, 2.75) is 25.4 Å². The lowest BCUT2D eigenvalue weighted by atomic mass is 10.1. The lowest BCUT2D eigenvalue weighted by Gasteiger charge is -2.19. The monoisotopic (exact) mass is 382 g/mol. The second-order valence-corrected chi connectivity index (χ2v) is 6.90. The highest BCUT2D eigenvalue weighted by Gasteiger charge is 2.49. The number of alkyl halides is 1. The molecule has 1 unspecified atom stereocenters. The summed E-state index contributed by atoms with van der Waals surface area (Å²) in [7, 11) is -2.57. The molecule has 2 N–H and O–H groups in total. The van der Waals surface area contributed by atoms with Crippen molar-refractivity contribution in [1.29, 1.82) is 0 Å². The average Bonchev–Trinajstić information content (AvgIpc) is 2.89. The number of hydrogen-bond acceptors (Lipinski definition) is 7. The van der Waals surface area contributed by atoms with Gasteiger partial charge in [0.05, 0.1) is 0 Å². The van der Waals surface area contributed by atoms with E-state index in [0.717, 1.165) is 0 Å². The minimum Gasteiger partial charge on any atom is -0.383 e. The second kappa shape index (κ2) is 7.49. The van der Waals surface area contributed by atoms with Gasteiger partial charge in [-0.1, -0.05) is 25.1 Å². The summed E-state index contributed by atoms with van der Waals surface area (Å²) < 4.78 is 43.4. The Balaban J connectivity index is 1.62. The van der Waals surface area contributed by atoms with E-state index in [1.807, 2.05) is 0 Å². The summed E-state index contributed by atoms with van der Waals surface area (Å²) in [5.41, 5.74) is 4.82. The van der Waals surface area contributed by atoms with Gasteiger partial charge in [0.15, 0.2) is 12.4 Å². The van der Waals surface area contributed by atoms with Crippen LogP contribution in [0.1, 0.15) is 19.6 Å². The molecule has 1 saturated heterocycles. The van der Waals surface area contributed by atoms with E-state index in [-0.39, 0.29) is 18.2 Å². The van der Waals surface area contributed by atoms with E-state index < -0.39 is 32.6 Å². The number of anilines is 1. The third-order valence-electron chi connectivity index (χ3n) is 3.88. The van der Waals surface area contributed by atoms with Crippen LogP contribution in [0, 0.1) is 5.92 Å². The number of aromatic nitrogens is 2. The fraction of sp³-hybridized carbons (Fsp3) is 0.375. The van der Waals surface area contributed by atoms with Crippen LogP contribution in [0.3, 0.4) is 0 Å². The third kappa shape index (κ3) is 4.24. The van der Waals surface area contributed by atoms with E-state index in [2.05, 4.69) is 4.98 Å². The molecular weight excluding hydrogens is 364 g/mol. The minimum atomic E-state index is -2.57. The number of hydrogen-bond donors (Lipinski definition) is 1. The van der Waals surface area contributed by atoms with Crippen molar-refractivity contribution in [3.63, 3.8) is 0 Å². The molecule has 1 fully saturated rings. The molecule has 10 heteroatoms. The Bertz CT molecular complexity index is 849. The van der Waals surface area contributed by atoms with Gasteiger partial charge in [-0.2, -0.15) is 4.98 Å². The van der Waals surface area contributed by atoms with Crippen molar-refractivity contribution >= 4 is 14.1 Å². The molecule has 1 aromatic carbocycles. The quantitative estimate of drug-likeness (QED) is 0.766. The van der Waals surface area contributed by atoms with Crippen LogP contribution in [0.15, 0.2) is 47.4 Å². The predicted octanol–water partition coefficient (Wildman–Crippen LogP) is 2.80. The summed E-state index contributed by atoms with van der Waals surface area (Å²) in [6, 6.07) is 9.83. The first kappa shape index (κ1) is 18.4. The van der Waals surface area contributed by atoms with Crippen molar-refractivity contribution in [2.24, 2.45) is 5.92 Å². The van der Waals surface area contributed by atoms with E-state index in [1.165, 1.54) is 16.8 Å². The Kier molecular flexibility index (Phi) is 5.31. The standard InChI is InChI=1S/C16H17FN3O5P/c1-11-9-16(17,10-23-26(22)25-12-5-3-2-4-6-12)24-14(11)20-8-7-13(18)19-15(20)21/h2-8,11,14H,9-10H2,1H3,(H-,18,19,21)/p+1/t11-,14+,16-/m0/s1. The van der Waals surface area contributed by atoms with Gasteiger partial charge in [0, 0.05) is 23.1 Å². The van der Waals surface area contributed by atoms with Crippen LogP contribution in [0.4, 0.5) is 10.2 Å². The number of rotatable bonds is 6. The summed E-state index contributed by atoms with van der Waals surface area (Å²) in [5, 5.41) is 0. The summed E-state index contributed by atoms with van der Waals surface area (Å²) in [5.74, 6) is -2.11. The van der Waals surface area contributed by atoms with Gasteiger partial charge in [-0.15, -0.1) is 4.52 Å². The predicted molar refractivity (Wildman–Crippen MR) is 91.3 cm³/mol. The molecule has 2 aromatic rings. The fourth-order valence-electron chi connectivity index (χ4n) is 2.75. The lowest BCUT2D eigenvalue weighted by Crippen LogP contribution is -2.32. The molecule has 1 aromatic heterocycles. The molecule has 8 nitrogen and oxygen atoms in total. The van der Waals surface area contributed by atoms with Crippen molar-refractivity contribution in [3.05, 3.63) is 53.1 Å². The number of benzene rings is 1. The maximum Gasteiger partial charge on any atom is 0.750 e. The van der Waals surface area contributed by atoms with Crippen LogP contribution in [-0.2, 0) is 13.8 Å². The smallest absolute Gasteiger partial charge is 0.383 e. The number of nitrogens with two attached hydrogens (primary N) is 1. The second-order valence-electron chi connectivity index (χ2n) is 6.02. The first-order valence-electron chi connectivity index (χ1n) is 7.91. The Morgan fingerprint density at radius 3 is 2.85 bits per heavy atom. The Labute approximate surface area is 149 Å². The van der Waals surface area contributed by atoms with Crippen LogP contribution >= 0.6 is 8.25 Å². The third-order valence-corrected chi connectivity index (χ3v) is 4.58. The Morgan fingerprint density at radius 1 is 1.42 bits per heavy atom. The van der Waals surface area contributed by atoms with Crippen LogP contribution in [0.5, 0.6) is 5.75 Å². The van der Waals surface area contributed by atoms with Crippen molar-refractivity contribution in [2.75, 3.05) is 12.3 Å². The Morgan fingerprint density at radius 2 is 2.15 bits per heavy atom. The van der Waals surface area contributed by atoms with Crippen LogP contribution in [-0.4, -0.2) is 22.0 Å². The molecule has 0 bridgehead atoms. The lowest BCUT2D eigenvalue weighted by molar-refractivity contribution is -0.174. The normalized spacial score (nSPS) is 25.8. The van der Waals surface area contributed by atoms with Crippen LogP contribution < -0.4 is 15.9 Å². The summed E-state index contributed by atoms with van der Waals surface area (Å²) >= 11 is 0. The van der Waals surface area contributed by atoms with Gasteiger partial charge in [-0.3, -0.25) is 4.57 Å². The number of para-hydroxylation sites is 1. The molecule has 0 aliphatic carbocycles. The SMILES string of the molecule is C[C@H]1C[C@@](F)(CO[P+](=O)Oc2ccccc2)O[C@H]1n1ccc(N)nc1=O. The zero-order chi connectivity index (χ0) is 18.7. The van der Waals surface area contributed by atoms with E-state index >= 15 is 0 Å².